The summed E-state index contributed by atoms with van der Waals surface area (Å²) in [4.78, 5) is 23.6. The zero-order valence-electron chi connectivity index (χ0n) is 13.5. The lowest BCUT2D eigenvalue weighted by Gasteiger charge is -2.11. The minimum absolute atomic E-state index is 0.00217. The van der Waals surface area contributed by atoms with E-state index in [0.29, 0.717) is 9.47 Å². The number of benzene rings is 1. The molecular formula is C15H12ClF3N4O2S2. The molecule has 2 N–H and O–H groups in total. The lowest BCUT2D eigenvalue weighted by Crippen LogP contribution is -2.15. The van der Waals surface area contributed by atoms with Crippen LogP contribution >= 0.6 is 34.7 Å². The molecule has 2 aromatic rings. The van der Waals surface area contributed by atoms with Crippen LogP contribution in [0.25, 0.3) is 0 Å². The van der Waals surface area contributed by atoms with Gasteiger partial charge in [-0.1, -0.05) is 34.7 Å². The Hall–Kier alpha value is -1.85. The summed E-state index contributed by atoms with van der Waals surface area (Å²) in [5.74, 6) is -0.703. The van der Waals surface area contributed by atoms with Gasteiger partial charge in [-0.2, -0.15) is 13.2 Å². The smallest absolute Gasteiger partial charge is 0.324 e. The molecule has 144 valence electrons. The number of rotatable bonds is 6. The van der Waals surface area contributed by atoms with E-state index in [1.165, 1.54) is 0 Å². The molecular weight excluding hydrogens is 425 g/mol. The monoisotopic (exact) mass is 436 g/mol. The van der Waals surface area contributed by atoms with E-state index in [4.69, 9.17) is 11.6 Å². The van der Waals surface area contributed by atoms with Gasteiger partial charge in [0.05, 0.1) is 22.0 Å². The normalized spacial score (nSPS) is 14.1. The summed E-state index contributed by atoms with van der Waals surface area (Å²) in [5.41, 5.74) is -1.03. The predicted octanol–water partition coefficient (Wildman–Crippen LogP) is 4.29. The van der Waals surface area contributed by atoms with Gasteiger partial charge in [-0.3, -0.25) is 9.59 Å². The van der Waals surface area contributed by atoms with E-state index < -0.39 is 17.6 Å². The van der Waals surface area contributed by atoms with Gasteiger partial charge in [-0.15, -0.1) is 10.2 Å². The Balaban J connectivity index is 1.54. The molecule has 1 fully saturated rings. The van der Waals surface area contributed by atoms with Gasteiger partial charge in [0.25, 0.3) is 0 Å². The standard InChI is InChI=1S/C15H12ClF3N4O2S2/c16-9-4-3-8(15(17,18)19)5-10(9)20-11(24)6-26-14-23-22-13(27-14)21-12(25)7-1-2-7/h3-5,7H,1-2,6H2,(H,20,24)(H,21,22,25). The van der Waals surface area contributed by atoms with Gasteiger partial charge < -0.3 is 10.6 Å². The van der Waals surface area contributed by atoms with E-state index in [0.717, 1.165) is 54.1 Å². The van der Waals surface area contributed by atoms with Gasteiger partial charge in [0.1, 0.15) is 0 Å². The van der Waals surface area contributed by atoms with Crippen LogP contribution in [0.2, 0.25) is 5.02 Å². The molecule has 0 unspecified atom stereocenters. The third-order valence-electron chi connectivity index (χ3n) is 3.48. The second-order valence-electron chi connectivity index (χ2n) is 5.67. The molecule has 1 aromatic carbocycles. The Morgan fingerprint density at radius 3 is 2.67 bits per heavy atom. The molecule has 2 amide bonds. The topological polar surface area (TPSA) is 84.0 Å². The minimum Gasteiger partial charge on any atom is -0.324 e. The Bertz CT molecular complexity index is 871. The number of aromatic nitrogens is 2. The molecule has 3 rings (SSSR count). The van der Waals surface area contributed by atoms with Crippen molar-refractivity contribution in [2.75, 3.05) is 16.4 Å². The van der Waals surface area contributed by atoms with Gasteiger partial charge in [-0.25, -0.2) is 0 Å². The number of hydrogen-bond donors (Lipinski definition) is 2. The first kappa shape index (κ1) is 19.9. The van der Waals surface area contributed by atoms with Crippen LogP contribution in [0.15, 0.2) is 22.5 Å². The average Bonchev–Trinajstić information content (AvgIpc) is 3.35. The highest BCUT2D eigenvalue weighted by atomic mass is 35.5. The molecule has 6 nitrogen and oxygen atoms in total. The van der Waals surface area contributed by atoms with Crippen LogP contribution in [0.4, 0.5) is 24.0 Å². The number of halogens is 4. The number of hydrogen-bond acceptors (Lipinski definition) is 6. The number of carbonyl (C=O) groups is 2. The second kappa shape index (κ2) is 8.03. The largest absolute Gasteiger partial charge is 0.416 e. The van der Waals surface area contributed by atoms with Crippen molar-refractivity contribution < 1.29 is 22.8 Å². The molecule has 1 saturated carbocycles. The van der Waals surface area contributed by atoms with Gasteiger partial charge in [0, 0.05) is 5.92 Å². The predicted molar refractivity (Wildman–Crippen MR) is 97.1 cm³/mol. The first-order valence-corrected chi connectivity index (χ1v) is 9.84. The summed E-state index contributed by atoms with van der Waals surface area (Å²) in [6, 6.07) is 2.69. The fourth-order valence-electron chi connectivity index (χ4n) is 1.98. The summed E-state index contributed by atoms with van der Waals surface area (Å²) in [6.07, 6.45) is -2.80. The Labute approximate surface area is 164 Å². The first-order chi connectivity index (χ1) is 12.7. The van der Waals surface area contributed by atoms with E-state index in [2.05, 4.69) is 20.8 Å². The highest BCUT2D eigenvalue weighted by molar-refractivity contribution is 8.01. The molecule has 0 bridgehead atoms. The third kappa shape index (κ3) is 5.56. The Kier molecular flexibility index (Phi) is 5.92. The fraction of sp³-hybridized carbons (Fsp3) is 0.333. The average molecular weight is 437 g/mol. The van der Waals surface area contributed by atoms with Crippen molar-refractivity contribution in [3.8, 4) is 0 Å². The quantitative estimate of drug-likeness (QED) is 0.521. The molecule has 1 aliphatic rings. The zero-order chi connectivity index (χ0) is 19.6. The highest BCUT2D eigenvalue weighted by Gasteiger charge is 2.31. The van der Waals surface area contributed by atoms with Crippen LogP contribution in [0, 0.1) is 5.92 Å². The second-order valence-corrected chi connectivity index (χ2v) is 8.27. The van der Waals surface area contributed by atoms with E-state index in [-0.39, 0.29) is 28.3 Å². The molecule has 0 spiro atoms. The number of anilines is 2. The van der Waals surface area contributed by atoms with Crippen molar-refractivity contribution in [3.63, 3.8) is 0 Å². The summed E-state index contributed by atoms with van der Waals surface area (Å²) in [5, 5.41) is 13.0. The van der Waals surface area contributed by atoms with Crippen molar-refractivity contribution in [1.29, 1.82) is 0 Å². The maximum absolute atomic E-state index is 12.7. The molecule has 12 heteroatoms. The Morgan fingerprint density at radius 2 is 2.00 bits per heavy atom. The molecule has 27 heavy (non-hydrogen) atoms. The maximum atomic E-state index is 12.7. The van der Waals surface area contributed by atoms with E-state index in [1.807, 2.05) is 0 Å². The van der Waals surface area contributed by atoms with Gasteiger partial charge in [-0.05, 0) is 31.0 Å². The highest BCUT2D eigenvalue weighted by Crippen LogP contribution is 2.34. The van der Waals surface area contributed by atoms with Crippen LogP contribution in [-0.2, 0) is 15.8 Å². The van der Waals surface area contributed by atoms with Crippen LogP contribution in [0.5, 0.6) is 0 Å². The lowest BCUT2D eigenvalue weighted by molar-refractivity contribution is -0.137. The summed E-state index contributed by atoms with van der Waals surface area (Å²) in [7, 11) is 0. The van der Waals surface area contributed by atoms with E-state index in [9.17, 15) is 22.8 Å². The molecule has 0 saturated heterocycles. The van der Waals surface area contributed by atoms with Crippen molar-refractivity contribution >= 4 is 57.3 Å². The maximum Gasteiger partial charge on any atom is 0.416 e. The summed E-state index contributed by atoms with van der Waals surface area (Å²) in [6.45, 7) is 0. The number of nitrogens with zero attached hydrogens (tertiary/aromatic N) is 2. The number of alkyl halides is 3. The molecule has 1 aromatic heterocycles. The molecule has 0 aliphatic heterocycles. The van der Waals surface area contributed by atoms with Crippen molar-refractivity contribution in [3.05, 3.63) is 28.8 Å². The van der Waals surface area contributed by atoms with Crippen LogP contribution in [0.3, 0.4) is 0 Å². The summed E-state index contributed by atoms with van der Waals surface area (Å²) >= 11 is 8.01. The molecule has 1 heterocycles. The van der Waals surface area contributed by atoms with Crippen LogP contribution in [0.1, 0.15) is 18.4 Å². The van der Waals surface area contributed by atoms with E-state index >= 15 is 0 Å². The first-order valence-electron chi connectivity index (χ1n) is 7.66. The number of nitrogens with one attached hydrogen (secondary N) is 2. The fourth-order valence-corrected chi connectivity index (χ4v) is 3.70. The van der Waals surface area contributed by atoms with Crippen molar-refractivity contribution in [2.45, 2.75) is 23.4 Å². The van der Waals surface area contributed by atoms with Gasteiger partial charge in [0.2, 0.25) is 16.9 Å². The zero-order valence-corrected chi connectivity index (χ0v) is 15.9. The number of thioether (sulfide) groups is 1. The number of amides is 2. The molecule has 1 aliphatic carbocycles. The third-order valence-corrected chi connectivity index (χ3v) is 5.78. The Morgan fingerprint density at radius 1 is 1.26 bits per heavy atom. The summed E-state index contributed by atoms with van der Waals surface area (Å²) < 4.78 is 38.7. The molecule has 0 atom stereocenters. The molecule has 0 radical (unpaired) electrons. The minimum atomic E-state index is -4.54. The van der Waals surface area contributed by atoms with Crippen molar-refractivity contribution in [2.24, 2.45) is 5.92 Å². The van der Waals surface area contributed by atoms with E-state index in [1.54, 1.807) is 0 Å². The lowest BCUT2D eigenvalue weighted by atomic mass is 10.2. The van der Waals surface area contributed by atoms with Crippen molar-refractivity contribution in [1.82, 2.24) is 10.2 Å². The van der Waals surface area contributed by atoms with Gasteiger partial charge >= 0.3 is 6.18 Å². The number of carbonyl (C=O) groups excluding carboxylic acids is 2. The SMILES string of the molecule is O=C(CSc1nnc(NC(=O)C2CC2)s1)Nc1cc(C(F)(F)F)ccc1Cl. The van der Waals surface area contributed by atoms with Crippen LogP contribution < -0.4 is 10.6 Å². The van der Waals surface area contributed by atoms with Gasteiger partial charge in [0.15, 0.2) is 4.34 Å². The van der Waals surface area contributed by atoms with Crippen LogP contribution in [-0.4, -0.2) is 27.8 Å².